The topological polar surface area (TPSA) is 80.7 Å². The first-order chi connectivity index (χ1) is 13.1. The Balaban J connectivity index is 1.77. The third-order valence-corrected chi connectivity index (χ3v) is 4.34. The predicted molar refractivity (Wildman–Crippen MR) is 107 cm³/mol. The molecule has 0 amide bonds. The highest BCUT2D eigenvalue weighted by Gasteiger charge is 2.10. The maximum Gasteiger partial charge on any atom is 0.270 e. The molecule has 0 fully saturated rings. The normalized spacial score (nSPS) is 11.0. The van der Waals surface area contributed by atoms with Gasteiger partial charge in [0.2, 0.25) is 0 Å². The minimum atomic E-state index is -0.421. The van der Waals surface area contributed by atoms with E-state index >= 15 is 0 Å². The number of anilines is 1. The summed E-state index contributed by atoms with van der Waals surface area (Å²) < 4.78 is 5.74. The van der Waals surface area contributed by atoms with Gasteiger partial charge in [0, 0.05) is 17.7 Å². The molecule has 1 heterocycles. The zero-order valence-electron chi connectivity index (χ0n) is 15.3. The van der Waals surface area contributed by atoms with Crippen LogP contribution in [-0.2, 0) is 12.8 Å². The van der Waals surface area contributed by atoms with Crippen molar-refractivity contribution in [2.75, 3.05) is 5.43 Å². The highest BCUT2D eigenvalue weighted by Crippen LogP contribution is 2.26. The molecule has 0 aliphatic heterocycles. The maximum atomic E-state index is 10.9. The first kappa shape index (κ1) is 18.4. The zero-order chi connectivity index (χ0) is 19.2. The van der Waals surface area contributed by atoms with Gasteiger partial charge in [-0.25, -0.2) is 0 Å². The fraction of sp³-hybridized carbons (Fsp3) is 0.190. The van der Waals surface area contributed by atoms with Gasteiger partial charge in [-0.05, 0) is 36.1 Å². The largest absolute Gasteiger partial charge is 0.455 e. The number of hydrogen-bond donors (Lipinski definition) is 1. The summed E-state index contributed by atoms with van der Waals surface area (Å²) >= 11 is 0. The van der Waals surface area contributed by atoms with Crippen molar-refractivity contribution in [3.05, 3.63) is 81.6 Å². The Morgan fingerprint density at radius 2 is 1.78 bits per heavy atom. The van der Waals surface area contributed by atoms with Crippen LogP contribution in [0.5, 0.6) is 0 Å². The summed E-state index contributed by atoms with van der Waals surface area (Å²) in [4.78, 5) is 10.5. The molecule has 0 saturated carbocycles. The lowest BCUT2D eigenvalue weighted by atomic mass is 10.0. The van der Waals surface area contributed by atoms with E-state index < -0.39 is 4.92 Å². The van der Waals surface area contributed by atoms with Crippen molar-refractivity contribution in [1.82, 2.24) is 0 Å². The zero-order valence-corrected chi connectivity index (χ0v) is 15.3. The van der Waals surface area contributed by atoms with Crippen LogP contribution >= 0.6 is 0 Å². The monoisotopic (exact) mass is 363 g/mol. The van der Waals surface area contributed by atoms with Crippen LogP contribution in [0, 0.1) is 10.1 Å². The van der Waals surface area contributed by atoms with Crippen LogP contribution in [0.4, 0.5) is 11.4 Å². The number of nitro groups is 1. The van der Waals surface area contributed by atoms with E-state index in [-0.39, 0.29) is 5.69 Å². The lowest BCUT2D eigenvalue weighted by Gasteiger charge is -2.11. The average molecular weight is 363 g/mol. The molecule has 6 nitrogen and oxygen atoms in total. The van der Waals surface area contributed by atoms with Crippen molar-refractivity contribution in [2.45, 2.75) is 26.7 Å². The molecule has 2 aromatic carbocycles. The Morgan fingerprint density at radius 1 is 1.07 bits per heavy atom. The molecule has 3 aromatic rings. The Morgan fingerprint density at radius 3 is 2.44 bits per heavy atom. The molecule has 0 bridgehead atoms. The standard InChI is InChI=1S/C21H21N3O3/c1-3-15-7-5-8-16(4-2)21(15)23-22-14-19-11-12-20(27-19)17-9-6-10-18(13-17)24(25)26/h5-14,23H,3-4H2,1-2H3/b22-14+. The van der Waals surface area contributed by atoms with Gasteiger partial charge in [-0.15, -0.1) is 0 Å². The number of nitrogens with zero attached hydrogens (tertiary/aromatic N) is 2. The Hall–Kier alpha value is -3.41. The molecule has 0 spiro atoms. The van der Waals surface area contributed by atoms with Gasteiger partial charge in [0.15, 0.2) is 0 Å². The first-order valence-corrected chi connectivity index (χ1v) is 8.86. The number of furan rings is 1. The SMILES string of the molecule is CCc1cccc(CC)c1N/N=C/c1ccc(-c2cccc([N+](=O)[O-])c2)o1. The van der Waals surface area contributed by atoms with Gasteiger partial charge in [-0.3, -0.25) is 15.5 Å². The van der Waals surface area contributed by atoms with Crippen molar-refractivity contribution < 1.29 is 9.34 Å². The molecule has 0 radical (unpaired) electrons. The molecule has 0 aliphatic rings. The summed E-state index contributed by atoms with van der Waals surface area (Å²) in [5.41, 5.74) is 7.27. The number of rotatable bonds is 7. The van der Waals surface area contributed by atoms with Gasteiger partial charge in [0.05, 0.1) is 16.8 Å². The van der Waals surface area contributed by atoms with Gasteiger partial charge in [-0.2, -0.15) is 5.10 Å². The summed E-state index contributed by atoms with van der Waals surface area (Å²) in [7, 11) is 0. The van der Waals surface area contributed by atoms with E-state index in [1.807, 2.05) is 0 Å². The summed E-state index contributed by atoms with van der Waals surface area (Å²) in [5.74, 6) is 1.12. The number of benzene rings is 2. The summed E-state index contributed by atoms with van der Waals surface area (Å²) in [6, 6.07) is 16.1. The number of nitro benzene ring substituents is 1. The lowest BCUT2D eigenvalue weighted by Crippen LogP contribution is -1.99. The molecule has 138 valence electrons. The van der Waals surface area contributed by atoms with Gasteiger partial charge in [-0.1, -0.05) is 44.2 Å². The number of aryl methyl sites for hydroxylation is 2. The van der Waals surface area contributed by atoms with Crippen LogP contribution in [0.2, 0.25) is 0 Å². The number of hydrazone groups is 1. The van der Waals surface area contributed by atoms with E-state index in [4.69, 9.17) is 4.42 Å². The molecule has 0 saturated heterocycles. The van der Waals surface area contributed by atoms with E-state index in [0.717, 1.165) is 18.5 Å². The van der Waals surface area contributed by atoms with Gasteiger partial charge in [0.1, 0.15) is 11.5 Å². The van der Waals surface area contributed by atoms with Gasteiger partial charge >= 0.3 is 0 Å². The van der Waals surface area contributed by atoms with Crippen LogP contribution < -0.4 is 5.43 Å². The molecular formula is C21H21N3O3. The molecule has 0 aliphatic carbocycles. The Kier molecular flexibility index (Phi) is 5.66. The fourth-order valence-electron chi connectivity index (χ4n) is 2.90. The molecule has 1 N–H and O–H groups in total. The van der Waals surface area contributed by atoms with E-state index in [2.05, 4.69) is 42.6 Å². The second kappa shape index (κ2) is 8.31. The van der Waals surface area contributed by atoms with Crippen LogP contribution in [-0.4, -0.2) is 11.1 Å². The second-order valence-corrected chi connectivity index (χ2v) is 6.04. The molecule has 27 heavy (non-hydrogen) atoms. The van der Waals surface area contributed by atoms with Crippen molar-refractivity contribution in [3.8, 4) is 11.3 Å². The third-order valence-electron chi connectivity index (χ3n) is 4.34. The predicted octanol–water partition coefficient (Wildman–Crippen LogP) is 5.43. The molecule has 0 unspecified atom stereocenters. The number of nitrogens with one attached hydrogen (secondary N) is 1. The number of non-ortho nitro benzene ring substituents is 1. The lowest BCUT2D eigenvalue weighted by molar-refractivity contribution is -0.384. The van der Waals surface area contributed by atoms with E-state index in [1.54, 1.807) is 30.5 Å². The van der Waals surface area contributed by atoms with Crippen molar-refractivity contribution in [2.24, 2.45) is 5.10 Å². The summed E-state index contributed by atoms with van der Waals surface area (Å²) in [6.45, 7) is 4.23. The summed E-state index contributed by atoms with van der Waals surface area (Å²) in [5, 5.41) is 15.2. The fourth-order valence-corrected chi connectivity index (χ4v) is 2.90. The average Bonchev–Trinajstić information content (AvgIpc) is 3.17. The smallest absolute Gasteiger partial charge is 0.270 e. The quantitative estimate of drug-likeness (QED) is 0.345. The van der Waals surface area contributed by atoms with Gasteiger partial charge < -0.3 is 4.42 Å². The van der Waals surface area contributed by atoms with Crippen molar-refractivity contribution in [3.63, 3.8) is 0 Å². The first-order valence-electron chi connectivity index (χ1n) is 8.86. The van der Waals surface area contributed by atoms with Crippen LogP contribution in [0.1, 0.15) is 30.7 Å². The van der Waals surface area contributed by atoms with Gasteiger partial charge in [0.25, 0.3) is 5.69 Å². The number of para-hydroxylation sites is 1. The van der Waals surface area contributed by atoms with E-state index in [0.29, 0.717) is 17.1 Å². The Bertz CT molecular complexity index is 954. The molecular weight excluding hydrogens is 342 g/mol. The number of hydrogen-bond acceptors (Lipinski definition) is 5. The third kappa shape index (κ3) is 4.23. The Labute approximate surface area is 157 Å². The summed E-state index contributed by atoms with van der Waals surface area (Å²) in [6.07, 6.45) is 3.44. The molecule has 3 rings (SSSR count). The minimum absolute atomic E-state index is 0.0315. The molecule has 0 atom stereocenters. The van der Waals surface area contributed by atoms with Crippen LogP contribution in [0.25, 0.3) is 11.3 Å². The second-order valence-electron chi connectivity index (χ2n) is 6.04. The van der Waals surface area contributed by atoms with Crippen molar-refractivity contribution in [1.29, 1.82) is 0 Å². The highest BCUT2D eigenvalue weighted by atomic mass is 16.6. The molecule has 6 heteroatoms. The maximum absolute atomic E-state index is 10.9. The van der Waals surface area contributed by atoms with E-state index in [1.165, 1.54) is 23.3 Å². The molecule has 1 aromatic heterocycles. The highest BCUT2D eigenvalue weighted by molar-refractivity contribution is 5.78. The van der Waals surface area contributed by atoms with Crippen molar-refractivity contribution >= 4 is 17.6 Å². The van der Waals surface area contributed by atoms with E-state index in [9.17, 15) is 10.1 Å². The minimum Gasteiger partial charge on any atom is -0.455 e. The van der Waals surface area contributed by atoms with Crippen LogP contribution in [0.15, 0.2) is 64.1 Å². The van der Waals surface area contributed by atoms with Crippen LogP contribution in [0.3, 0.4) is 0 Å².